The van der Waals surface area contributed by atoms with Gasteiger partial charge in [-0.2, -0.15) is 0 Å². The van der Waals surface area contributed by atoms with Crippen LogP contribution in [0.25, 0.3) is 0 Å². The van der Waals surface area contributed by atoms with Crippen molar-refractivity contribution in [3.05, 3.63) is 0 Å². The Balaban J connectivity index is 1.77. The Hall–Kier alpha value is -0.313. The molecule has 2 bridgehead atoms. The summed E-state index contributed by atoms with van der Waals surface area (Å²) in [6, 6.07) is 0. The van der Waals surface area contributed by atoms with E-state index in [1.54, 1.807) is 0 Å². The summed E-state index contributed by atoms with van der Waals surface area (Å²) < 4.78 is 2.35. The highest BCUT2D eigenvalue weighted by atomic mass is 28.3. The predicted octanol–water partition coefficient (Wildman–Crippen LogP) is 3.39. The average Bonchev–Trinajstić information content (AvgIpc) is 2.91. The molecule has 3 heteroatoms. The van der Waals surface area contributed by atoms with Crippen molar-refractivity contribution >= 4 is 14.1 Å². The molecule has 0 aromatic rings. The molecule has 96 valence electrons. The number of hydrogen-bond donors (Lipinski definition) is 0. The van der Waals surface area contributed by atoms with Gasteiger partial charge in [-0.05, 0) is 43.1 Å². The molecule has 2 nitrogen and oxygen atoms in total. The van der Waals surface area contributed by atoms with Gasteiger partial charge in [-0.1, -0.05) is 25.9 Å². The zero-order chi connectivity index (χ0) is 12.0. The van der Waals surface area contributed by atoms with E-state index in [-0.39, 0.29) is 0 Å². The summed E-state index contributed by atoms with van der Waals surface area (Å²) in [7, 11) is -1.50. The molecule has 3 rings (SSSR count). The summed E-state index contributed by atoms with van der Waals surface area (Å²) in [6.45, 7) is 5.98. The highest BCUT2D eigenvalue weighted by Crippen LogP contribution is 2.56. The third kappa shape index (κ3) is 1.87. The monoisotopic (exact) mass is 251 g/mol. The fraction of sp³-hybridized carbons (Fsp3) is 0.929. The quantitative estimate of drug-likeness (QED) is 0.689. The number of carbonyl (C=O) groups excluding carboxylic acids is 1. The minimum absolute atomic E-state index is 0.468. The SMILES string of the molecule is C[Si](C)(C1CC2CCC1C2)N1CCCCC1=O. The van der Waals surface area contributed by atoms with Gasteiger partial charge in [0.25, 0.3) is 0 Å². The molecule has 1 heterocycles. The van der Waals surface area contributed by atoms with Gasteiger partial charge in [0.2, 0.25) is 5.91 Å². The lowest BCUT2D eigenvalue weighted by molar-refractivity contribution is -0.128. The molecule has 0 aromatic carbocycles. The van der Waals surface area contributed by atoms with Crippen LogP contribution in [0.3, 0.4) is 0 Å². The van der Waals surface area contributed by atoms with E-state index in [0.717, 1.165) is 36.8 Å². The number of fused-ring (bicyclic) bond motifs is 2. The van der Waals surface area contributed by atoms with Crippen LogP contribution < -0.4 is 0 Å². The van der Waals surface area contributed by atoms with Gasteiger partial charge in [-0.3, -0.25) is 4.79 Å². The van der Waals surface area contributed by atoms with Crippen molar-refractivity contribution in [2.24, 2.45) is 11.8 Å². The van der Waals surface area contributed by atoms with Crippen molar-refractivity contribution in [1.82, 2.24) is 4.57 Å². The first-order chi connectivity index (χ1) is 8.09. The standard InChI is InChI=1S/C14H25NOSi/c1-17(2,15-8-4-3-5-14(15)16)13-10-11-6-7-12(13)9-11/h11-13H,3-10H2,1-2H3. The Labute approximate surface area is 106 Å². The van der Waals surface area contributed by atoms with E-state index in [1.807, 2.05) is 0 Å². The second-order valence-corrected chi connectivity index (χ2v) is 11.5. The molecule has 1 aliphatic heterocycles. The number of carbonyl (C=O) groups is 1. The molecule has 17 heavy (non-hydrogen) atoms. The van der Waals surface area contributed by atoms with Gasteiger partial charge in [0.05, 0.1) is 0 Å². The lowest BCUT2D eigenvalue weighted by Crippen LogP contribution is -2.57. The van der Waals surface area contributed by atoms with Crippen molar-refractivity contribution in [2.45, 2.75) is 63.6 Å². The molecular weight excluding hydrogens is 226 g/mol. The van der Waals surface area contributed by atoms with E-state index in [9.17, 15) is 4.79 Å². The first-order valence-electron chi connectivity index (χ1n) is 7.39. The van der Waals surface area contributed by atoms with Crippen LogP contribution in [0.5, 0.6) is 0 Å². The lowest BCUT2D eigenvalue weighted by Gasteiger charge is -2.46. The van der Waals surface area contributed by atoms with Crippen LogP contribution in [0, 0.1) is 11.8 Å². The normalized spacial score (nSPS) is 37.9. The molecule has 0 radical (unpaired) electrons. The van der Waals surface area contributed by atoms with Gasteiger partial charge in [-0.15, -0.1) is 0 Å². The van der Waals surface area contributed by atoms with Crippen molar-refractivity contribution in [3.63, 3.8) is 0 Å². The van der Waals surface area contributed by atoms with Gasteiger partial charge in [-0.25, -0.2) is 0 Å². The summed E-state index contributed by atoms with van der Waals surface area (Å²) in [5, 5.41) is 0. The van der Waals surface area contributed by atoms with Gasteiger partial charge in [0, 0.05) is 13.0 Å². The maximum atomic E-state index is 12.2. The fourth-order valence-electron chi connectivity index (χ4n) is 4.73. The second-order valence-electron chi connectivity index (χ2n) is 6.94. The third-order valence-corrected chi connectivity index (χ3v) is 10.1. The number of rotatable bonds is 2. The molecule has 0 spiro atoms. The first kappa shape index (κ1) is 11.8. The Morgan fingerprint density at radius 2 is 2.00 bits per heavy atom. The molecule has 0 N–H and O–H groups in total. The van der Waals surface area contributed by atoms with Crippen LogP contribution in [0.2, 0.25) is 18.6 Å². The largest absolute Gasteiger partial charge is 0.369 e. The van der Waals surface area contributed by atoms with Crippen molar-refractivity contribution in [2.75, 3.05) is 6.54 Å². The maximum absolute atomic E-state index is 12.2. The highest BCUT2D eigenvalue weighted by molar-refractivity contribution is 6.78. The van der Waals surface area contributed by atoms with Gasteiger partial charge in [0.15, 0.2) is 8.24 Å². The Bertz CT molecular complexity index is 328. The lowest BCUT2D eigenvalue weighted by atomic mass is 10.0. The predicted molar refractivity (Wildman–Crippen MR) is 72.2 cm³/mol. The summed E-state index contributed by atoms with van der Waals surface area (Å²) in [5.74, 6) is 2.45. The molecular formula is C14H25NOSi. The summed E-state index contributed by atoms with van der Waals surface area (Å²) >= 11 is 0. The second kappa shape index (κ2) is 4.11. The van der Waals surface area contributed by atoms with E-state index >= 15 is 0 Å². The van der Waals surface area contributed by atoms with Crippen molar-refractivity contribution < 1.29 is 4.79 Å². The minimum atomic E-state index is -1.50. The summed E-state index contributed by atoms with van der Waals surface area (Å²) in [5.41, 5.74) is 0.906. The minimum Gasteiger partial charge on any atom is -0.369 e. The zero-order valence-corrected chi connectivity index (χ0v) is 12.2. The zero-order valence-electron chi connectivity index (χ0n) is 11.2. The fourth-order valence-corrected chi connectivity index (χ4v) is 8.98. The van der Waals surface area contributed by atoms with E-state index in [4.69, 9.17) is 0 Å². The number of nitrogens with zero attached hydrogens (tertiary/aromatic N) is 1. The van der Waals surface area contributed by atoms with Gasteiger partial charge < -0.3 is 4.57 Å². The molecule has 0 aromatic heterocycles. The van der Waals surface area contributed by atoms with Gasteiger partial charge in [0.1, 0.15) is 0 Å². The van der Waals surface area contributed by atoms with Gasteiger partial charge >= 0.3 is 0 Å². The molecule has 3 fully saturated rings. The van der Waals surface area contributed by atoms with E-state index in [0.29, 0.717) is 5.91 Å². The number of piperidine rings is 1. The Kier molecular flexibility index (Phi) is 2.84. The molecule has 3 aliphatic rings. The molecule has 3 unspecified atom stereocenters. The van der Waals surface area contributed by atoms with Crippen LogP contribution in [-0.4, -0.2) is 25.3 Å². The van der Waals surface area contributed by atoms with Crippen LogP contribution in [0.1, 0.15) is 44.9 Å². The molecule has 3 atom stereocenters. The van der Waals surface area contributed by atoms with E-state index in [2.05, 4.69) is 17.7 Å². The molecule has 1 saturated heterocycles. The Morgan fingerprint density at radius 1 is 1.18 bits per heavy atom. The van der Waals surface area contributed by atoms with E-state index < -0.39 is 8.24 Å². The number of hydrogen-bond acceptors (Lipinski definition) is 1. The average molecular weight is 251 g/mol. The maximum Gasteiger partial charge on any atom is 0.214 e. The topological polar surface area (TPSA) is 20.3 Å². The number of amides is 1. The van der Waals surface area contributed by atoms with Crippen molar-refractivity contribution in [1.29, 1.82) is 0 Å². The first-order valence-corrected chi connectivity index (χ1v) is 10.4. The molecule has 1 amide bonds. The van der Waals surface area contributed by atoms with Crippen molar-refractivity contribution in [3.8, 4) is 0 Å². The van der Waals surface area contributed by atoms with Crippen LogP contribution in [0.4, 0.5) is 0 Å². The summed E-state index contributed by atoms with van der Waals surface area (Å²) in [6.07, 6.45) is 9.01. The third-order valence-electron chi connectivity index (χ3n) is 5.66. The highest BCUT2D eigenvalue weighted by Gasteiger charge is 2.51. The van der Waals surface area contributed by atoms with Crippen LogP contribution >= 0.6 is 0 Å². The van der Waals surface area contributed by atoms with Crippen LogP contribution in [0.15, 0.2) is 0 Å². The molecule has 2 saturated carbocycles. The summed E-state index contributed by atoms with van der Waals surface area (Å²) in [4.78, 5) is 12.2. The Morgan fingerprint density at radius 3 is 2.59 bits per heavy atom. The smallest absolute Gasteiger partial charge is 0.214 e. The van der Waals surface area contributed by atoms with Crippen LogP contribution in [-0.2, 0) is 4.79 Å². The van der Waals surface area contributed by atoms with E-state index in [1.165, 1.54) is 32.1 Å². The molecule has 2 aliphatic carbocycles.